The number of amides is 2. The molecule has 0 fully saturated rings. The fourth-order valence-electron chi connectivity index (χ4n) is 5.29. The van der Waals surface area contributed by atoms with Gasteiger partial charge in [-0.25, -0.2) is 14.4 Å². The molecule has 310 valence electrons. The number of carbonyl (C=O) groups excluding carboxylic acids is 4. The number of hydrogen-bond acceptors (Lipinski definition) is 9. The molecule has 2 aromatic rings. The molecule has 0 radical (unpaired) electrons. The summed E-state index contributed by atoms with van der Waals surface area (Å²) in [7, 11) is 0.141. The van der Waals surface area contributed by atoms with Crippen molar-refractivity contribution >= 4 is 38.1 Å². The van der Waals surface area contributed by atoms with Crippen LogP contribution in [0.3, 0.4) is 0 Å². The molecule has 2 amide bonds. The second kappa shape index (κ2) is 24.3. The Morgan fingerprint density at radius 3 is 2.18 bits per heavy atom. The summed E-state index contributed by atoms with van der Waals surface area (Å²) in [5.74, 6) is -0.852. The number of alkyl carbamates (subject to hydrolysis) is 1. The van der Waals surface area contributed by atoms with Crippen molar-refractivity contribution in [3.8, 4) is 5.75 Å². The first-order valence-corrected chi connectivity index (χ1v) is 23.3. The maximum Gasteiger partial charge on any atom is 0.407 e. The van der Waals surface area contributed by atoms with Gasteiger partial charge in [0.25, 0.3) is 0 Å². The molecule has 4 atom stereocenters. The van der Waals surface area contributed by atoms with E-state index in [0.29, 0.717) is 31.7 Å². The predicted octanol–water partition coefficient (Wildman–Crippen LogP) is 8.16. The third-order valence-electron chi connectivity index (χ3n) is 8.44. The molecule has 0 unspecified atom stereocenters. The summed E-state index contributed by atoms with van der Waals surface area (Å²) in [6.45, 7) is 18.8. The van der Waals surface area contributed by atoms with Crippen molar-refractivity contribution in [2.24, 2.45) is 11.8 Å². The summed E-state index contributed by atoms with van der Waals surface area (Å²) in [4.78, 5) is 52.2. The molecule has 2 rings (SSSR count). The van der Waals surface area contributed by atoms with Crippen LogP contribution in [-0.2, 0) is 39.8 Å². The molecular formula is C44H66N2O9Si. The molecule has 2 N–H and O–H groups in total. The van der Waals surface area contributed by atoms with Gasteiger partial charge in [0.1, 0.15) is 23.5 Å². The Morgan fingerprint density at radius 2 is 1.57 bits per heavy atom. The highest BCUT2D eigenvalue weighted by molar-refractivity contribution is 6.76. The maximum atomic E-state index is 13.7. The molecule has 0 saturated heterocycles. The Kier molecular flexibility index (Phi) is 20.7. The molecule has 11 nitrogen and oxygen atoms in total. The Hall–Kier alpha value is -4.42. The minimum atomic E-state index is -1.44. The minimum absolute atomic E-state index is 0.151. The van der Waals surface area contributed by atoms with Crippen LogP contribution < -0.4 is 15.4 Å². The van der Waals surface area contributed by atoms with Crippen LogP contribution in [0.1, 0.15) is 71.9 Å². The van der Waals surface area contributed by atoms with Crippen molar-refractivity contribution in [3.05, 3.63) is 84.0 Å². The molecule has 0 saturated carbocycles. The summed E-state index contributed by atoms with van der Waals surface area (Å²) in [5, 5.41) is 5.53. The zero-order chi connectivity index (χ0) is 41.7. The van der Waals surface area contributed by atoms with E-state index in [0.717, 1.165) is 17.2 Å². The van der Waals surface area contributed by atoms with Gasteiger partial charge < -0.3 is 34.3 Å². The summed E-state index contributed by atoms with van der Waals surface area (Å²) in [6, 6.07) is 17.0. The molecule has 0 heterocycles. The van der Waals surface area contributed by atoms with Gasteiger partial charge >= 0.3 is 18.0 Å². The van der Waals surface area contributed by atoms with Crippen molar-refractivity contribution in [1.29, 1.82) is 0 Å². The summed E-state index contributed by atoms with van der Waals surface area (Å²) in [5.41, 5.74) is 1.24. The monoisotopic (exact) mass is 794 g/mol. The lowest BCUT2D eigenvalue weighted by molar-refractivity contribution is -0.165. The number of benzene rings is 2. The number of carbonyl (C=O) groups is 4. The molecule has 12 heteroatoms. The van der Waals surface area contributed by atoms with Crippen LogP contribution in [0.15, 0.2) is 72.8 Å². The maximum absolute atomic E-state index is 13.7. The molecule has 0 aliphatic carbocycles. The zero-order valence-corrected chi connectivity index (χ0v) is 36.2. The van der Waals surface area contributed by atoms with E-state index in [4.69, 9.17) is 23.7 Å². The van der Waals surface area contributed by atoms with E-state index in [1.165, 1.54) is 6.08 Å². The van der Waals surface area contributed by atoms with Gasteiger partial charge in [0.15, 0.2) is 6.10 Å². The normalized spacial score (nSPS) is 14.2. The summed E-state index contributed by atoms with van der Waals surface area (Å²) in [6.07, 6.45) is 6.41. The molecule has 0 bridgehead atoms. The van der Waals surface area contributed by atoms with Crippen molar-refractivity contribution in [2.75, 3.05) is 26.9 Å². The number of hydrogen-bond donors (Lipinski definition) is 2. The highest BCUT2D eigenvalue weighted by atomic mass is 28.3. The molecule has 0 aliphatic rings. The molecule has 2 aromatic carbocycles. The largest absolute Gasteiger partial charge is 0.497 e. The average Bonchev–Trinajstić information content (AvgIpc) is 3.11. The van der Waals surface area contributed by atoms with Gasteiger partial charge in [0.05, 0.1) is 13.7 Å². The number of rotatable bonds is 23. The van der Waals surface area contributed by atoms with Gasteiger partial charge in [0, 0.05) is 40.0 Å². The molecule has 0 aromatic heterocycles. The summed E-state index contributed by atoms with van der Waals surface area (Å²) >= 11 is 0. The molecular weight excluding hydrogens is 729 g/mol. The Balaban J connectivity index is 2.18. The highest BCUT2D eigenvalue weighted by Crippen LogP contribution is 2.20. The van der Waals surface area contributed by atoms with Crippen LogP contribution in [0.2, 0.25) is 25.7 Å². The van der Waals surface area contributed by atoms with Gasteiger partial charge in [-0.05, 0) is 74.9 Å². The van der Waals surface area contributed by atoms with Crippen LogP contribution in [0.25, 0.3) is 6.08 Å². The Morgan fingerprint density at radius 1 is 0.893 bits per heavy atom. The third-order valence-corrected chi connectivity index (χ3v) is 10.1. The van der Waals surface area contributed by atoms with E-state index in [-0.39, 0.29) is 31.3 Å². The van der Waals surface area contributed by atoms with Gasteiger partial charge in [-0.3, -0.25) is 4.79 Å². The van der Waals surface area contributed by atoms with E-state index in [1.54, 1.807) is 46.1 Å². The van der Waals surface area contributed by atoms with Crippen LogP contribution >= 0.6 is 0 Å². The summed E-state index contributed by atoms with van der Waals surface area (Å²) < 4.78 is 28.3. The molecule has 56 heavy (non-hydrogen) atoms. The van der Waals surface area contributed by atoms with Crippen molar-refractivity contribution in [3.63, 3.8) is 0 Å². The van der Waals surface area contributed by atoms with E-state index in [9.17, 15) is 19.2 Å². The van der Waals surface area contributed by atoms with Gasteiger partial charge in [-0.1, -0.05) is 101 Å². The van der Waals surface area contributed by atoms with Gasteiger partial charge in [0.2, 0.25) is 5.91 Å². The standard InChI is InChI=1S/C44H66N2O9Si/c1-32(2)30-39(52-27-15-26-45-43(50)55-44(4,5)6)42(49)54-38(33(3)20-21-34-16-12-11-13-17-34)18-14-19-40(47)46-37(41(48)53-28-29-56(8,9)10)31-35-22-24-36(51-7)25-23-35/h11-14,16-17,19-25,32-33,37-39H,15,18,26-31H2,1-10H3,(H,45,50)(H,46,47)/b19-14+,21-20+/t33-,37-,38+,39+/m1/s1. The number of nitrogens with one attached hydrogen (secondary N) is 2. The lowest BCUT2D eigenvalue weighted by Crippen LogP contribution is -2.43. The highest BCUT2D eigenvalue weighted by Gasteiger charge is 2.28. The van der Waals surface area contributed by atoms with Crippen LogP contribution in [0, 0.1) is 11.8 Å². The van der Waals surface area contributed by atoms with Crippen molar-refractivity contribution in [2.45, 2.75) is 117 Å². The lowest BCUT2D eigenvalue weighted by atomic mass is 9.99. The van der Waals surface area contributed by atoms with Crippen LogP contribution in [-0.4, -0.2) is 82.7 Å². The van der Waals surface area contributed by atoms with Crippen molar-refractivity contribution < 1.29 is 42.9 Å². The number of ether oxygens (including phenoxy) is 5. The van der Waals surface area contributed by atoms with Gasteiger partial charge in [-0.2, -0.15) is 0 Å². The second-order valence-electron chi connectivity index (χ2n) is 16.6. The van der Waals surface area contributed by atoms with Crippen LogP contribution in [0.5, 0.6) is 5.75 Å². The fraction of sp³-hybridized carbons (Fsp3) is 0.545. The predicted molar refractivity (Wildman–Crippen MR) is 224 cm³/mol. The van der Waals surface area contributed by atoms with Gasteiger partial charge in [-0.15, -0.1) is 0 Å². The quantitative estimate of drug-likeness (QED) is 0.0375. The Labute approximate surface area is 335 Å². The average molecular weight is 795 g/mol. The first kappa shape index (κ1) is 47.7. The van der Waals surface area contributed by atoms with E-state index >= 15 is 0 Å². The topological polar surface area (TPSA) is 138 Å². The second-order valence-corrected chi connectivity index (χ2v) is 22.2. The molecule has 0 aliphatic heterocycles. The van der Waals surface area contributed by atoms with E-state index in [2.05, 4.69) is 30.3 Å². The smallest absolute Gasteiger partial charge is 0.407 e. The van der Waals surface area contributed by atoms with E-state index in [1.807, 2.05) is 75.4 Å². The Bertz CT molecular complexity index is 1550. The number of esters is 2. The lowest BCUT2D eigenvalue weighted by Gasteiger charge is -2.25. The fourth-order valence-corrected chi connectivity index (χ4v) is 6.00. The number of methoxy groups -OCH3 is 1. The molecule has 0 spiro atoms. The van der Waals surface area contributed by atoms with Crippen molar-refractivity contribution in [1.82, 2.24) is 10.6 Å². The minimum Gasteiger partial charge on any atom is -0.497 e. The third kappa shape index (κ3) is 21.0. The zero-order valence-electron chi connectivity index (χ0n) is 35.2. The first-order chi connectivity index (χ1) is 26.3. The van der Waals surface area contributed by atoms with E-state index < -0.39 is 55.9 Å². The first-order valence-electron chi connectivity index (χ1n) is 19.6. The SMILES string of the molecule is COc1ccc(C[C@@H](NC(=O)/C=C/C[C@H](OC(=O)[C@H](CC(C)C)OCCCNC(=O)OC(C)(C)C)[C@H](C)/C=C/c2ccccc2)C(=O)OCC[Si](C)(C)C)cc1. The van der Waals surface area contributed by atoms with Crippen LogP contribution in [0.4, 0.5) is 4.79 Å².